The Bertz CT molecular complexity index is 179. The summed E-state index contributed by atoms with van der Waals surface area (Å²) in [5.74, 6) is -0.928. The molecule has 0 aromatic rings. The minimum atomic E-state index is -0.516. The van der Waals surface area contributed by atoms with Gasteiger partial charge in [0.05, 0.1) is 0 Å². The molecule has 0 radical (unpaired) electrons. The standard InChI is InChI=1S/C7H10O3.CH5N/c1-3-5-6(8)4(2)10-7(5)9;1-2/h4-5H,3H2,1-2H3;2H2,1H3/t4-,5+;/m0./s1. The number of carbonyl (C=O) groups is 2. The molecule has 4 heteroatoms. The van der Waals surface area contributed by atoms with Crippen molar-refractivity contribution in [1.29, 1.82) is 0 Å². The quantitative estimate of drug-likeness (QED) is 0.451. The molecule has 0 bridgehead atoms. The molecule has 1 aliphatic heterocycles. The molecule has 70 valence electrons. The van der Waals surface area contributed by atoms with Crippen LogP contribution in [0.25, 0.3) is 0 Å². The van der Waals surface area contributed by atoms with Gasteiger partial charge in [-0.3, -0.25) is 9.59 Å². The molecule has 0 aromatic carbocycles. The van der Waals surface area contributed by atoms with Crippen molar-refractivity contribution in [2.75, 3.05) is 7.05 Å². The summed E-state index contributed by atoms with van der Waals surface area (Å²) in [4.78, 5) is 21.8. The van der Waals surface area contributed by atoms with Crippen molar-refractivity contribution < 1.29 is 14.3 Å². The highest BCUT2D eigenvalue weighted by Gasteiger charge is 2.39. The van der Waals surface area contributed by atoms with Gasteiger partial charge in [-0.25, -0.2) is 0 Å². The lowest BCUT2D eigenvalue weighted by Gasteiger charge is -1.95. The van der Waals surface area contributed by atoms with E-state index < -0.39 is 12.0 Å². The van der Waals surface area contributed by atoms with Gasteiger partial charge in [0.2, 0.25) is 0 Å². The molecule has 0 unspecified atom stereocenters. The van der Waals surface area contributed by atoms with E-state index in [0.29, 0.717) is 6.42 Å². The lowest BCUT2D eigenvalue weighted by Crippen LogP contribution is -2.16. The van der Waals surface area contributed by atoms with Crippen LogP contribution in [0.1, 0.15) is 20.3 Å². The van der Waals surface area contributed by atoms with Gasteiger partial charge in [-0.05, 0) is 20.4 Å². The van der Waals surface area contributed by atoms with E-state index in [-0.39, 0.29) is 11.8 Å². The van der Waals surface area contributed by atoms with E-state index in [0.717, 1.165) is 0 Å². The van der Waals surface area contributed by atoms with Crippen LogP contribution in [0.5, 0.6) is 0 Å². The summed E-state index contributed by atoms with van der Waals surface area (Å²) in [6.45, 7) is 3.41. The Hall–Kier alpha value is -0.900. The third-order valence-corrected chi connectivity index (χ3v) is 1.73. The van der Waals surface area contributed by atoms with Crippen LogP contribution in [0.2, 0.25) is 0 Å². The second-order valence-corrected chi connectivity index (χ2v) is 2.44. The average Bonchev–Trinajstić information content (AvgIpc) is 2.31. The van der Waals surface area contributed by atoms with Crippen molar-refractivity contribution in [3.63, 3.8) is 0 Å². The third-order valence-electron chi connectivity index (χ3n) is 1.73. The monoisotopic (exact) mass is 173 g/mol. The fourth-order valence-corrected chi connectivity index (χ4v) is 1.08. The fraction of sp³-hybridized carbons (Fsp3) is 0.750. The molecule has 0 amide bonds. The van der Waals surface area contributed by atoms with E-state index in [4.69, 9.17) is 0 Å². The Morgan fingerprint density at radius 2 is 1.92 bits per heavy atom. The smallest absolute Gasteiger partial charge is 0.317 e. The molecule has 0 aliphatic carbocycles. The van der Waals surface area contributed by atoms with Gasteiger partial charge in [0.15, 0.2) is 11.9 Å². The number of rotatable bonds is 1. The molecular weight excluding hydrogens is 158 g/mol. The van der Waals surface area contributed by atoms with Crippen LogP contribution in [0.4, 0.5) is 0 Å². The summed E-state index contributed by atoms with van der Waals surface area (Å²) < 4.78 is 4.69. The Morgan fingerprint density at radius 3 is 2.08 bits per heavy atom. The fourth-order valence-electron chi connectivity index (χ4n) is 1.08. The van der Waals surface area contributed by atoms with Crippen molar-refractivity contribution in [2.24, 2.45) is 11.7 Å². The number of carbonyl (C=O) groups excluding carboxylic acids is 2. The van der Waals surface area contributed by atoms with Gasteiger partial charge < -0.3 is 10.5 Å². The Labute approximate surface area is 72.1 Å². The number of nitrogens with two attached hydrogens (primary N) is 1. The number of hydrogen-bond donors (Lipinski definition) is 1. The van der Waals surface area contributed by atoms with Crippen LogP contribution >= 0.6 is 0 Å². The second kappa shape index (κ2) is 4.87. The topological polar surface area (TPSA) is 69.4 Å². The molecule has 2 atom stereocenters. The molecule has 4 nitrogen and oxygen atoms in total. The van der Waals surface area contributed by atoms with E-state index >= 15 is 0 Å². The first-order chi connectivity index (χ1) is 5.66. The first-order valence-electron chi connectivity index (χ1n) is 3.98. The number of hydrogen-bond acceptors (Lipinski definition) is 4. The third kappa shape index (κ3) is 2.04. The minimum absolute atomic E-state index is 0.0764. The van der Waals surface area contributed by atoms with E-state index in [9.17, 15) is 9.59 Å². The van der Waals surface area contributed by atoms with Gasteiger partial charge in [-0.15, -0.1) is 0 Å². The molecule has 1 saturated heterocycles. The van der Waals surface area contributed by atoms with Gasteiger partial charge in [-0.2, -0.15) is 0 Å². The van der Waals surface area contributed by atoms with E-state index in [1.165, 1.54) is 7.05 Å². The molecule has 1 fully saturated rings. The number of ketones is 1. The minimum Gasteiger partial charge on any atom is -0.454 e. The summed E-state index contributed by atoms with van der Waals surface area (Å²) >= 11 is 0. The average molecular weight is 173 g/mol. The molecular formula is C8H15NO3. The molecule has 1 rings (SSSR count). The first kappa shape index (κ1) is 11.1. The molecule has 0 aromatic heterocycles. The Morgan fingerprint density at radius 1 is 1.42 bits per heavy atom. The van der Waals surface area contributed by atoms with Crippen LogP contribution in [0.3, 0.4) is 0 Å². The highest BCUT2D eigenvalue weighted by Crippen LogP contribution is 2.19. The van der Waals surface area contributed by atoms with Crippen LogP contribution in [0.15, 0.2) is 0 Å². The van der Waals surface area contributed by atoms with Crippen LogP contribution in [-0.4, -0.2) is 24.9 Å². The van der Waals surface area contributed by atoms with E-state index in [2.05, 4.69) is 10.5 Å². The summed E-state index contributed by atoms with van der Waals surface area (Å²) in [5.41, 5.74) is 4.50. The maximum absolute atomic E-state index is 11.0. The maximum atomic E-state index is 11.0. The van der Waals surface area contributed by atoms with E-state index in [1.807, 2.05) is 6.92 Å². The van der Waals surface area contributed by atoms with Gasteiger partial charge in [-0.1, -0.05) is 6.92 Å². The lowest BCUT2D eigenvalue weighted by atomic mass is 10.0. The second-order valence-electron chi connectivity index (χ2n) is 2.44. The largest absolute Gasteiger partial charge is 0.454 e. The first-order valence-corrected chi connectivity index (χ1v) is 3.98. The normalized spacial score (nSPS) is 27.7. The number of esters is 1. The maximum Gasteiger partial charge on any atom is 0.317 e. The highest BCUT2D eigenvalue weighted by molar-refractivity contribution is 6.06. The summed E-state index contributed by atoms with van der Waals surface area (Å²) in [6, 6.07) is 0. The predicted molar refractivity (Wildman–Crippen MR) is 44.5 cm³/mol. The lowest BCUT2D eigenvalue weighted by molar-refractivity contribution is -0.143. The van der Waals surface area contributed by atoms with Crippen molar-refractivity contribution in [3.05, 3.63) is 0 Å². The molecule has 2 N–H and O–H groups in total. The van der Waals surface area contributed by atoms with Crippen LogP contribution < -0.4 is 5.73 Å². The number of ether oxygens (including phenoxy) is 1. The predicted octanol–water partition coefficient (Wildman–Crippen LogP) is 0.102. The van der Waals surface area contributed by atoms with Crippen molar-refractivity contribution >= 4 is 11.8 Å². The number of Topliss-reactive ketones (excluding diaryl/α,β-unsaturated/α-hetero) is 1. The Balaban J connectivity index is 0.000000561. The van der Waals surface area contributed by atoms with E-state index in [1.54, 1.807) is 6.92 Å². The van der Waals surface area contributed by atoms with Crippen molar-refractivity contribution in [2.45, 2.75) is 26.4 Å². The zero-order valence-corrected chi connectivity index (χ0v) is 7.66. The van der Waals surface area contributed by atoms with Gasteiger partial charge in [0.1, 0.15) is 5.92 Å². The molecule has 12 heavy (non-hydrogen) atoms. The number of cyclic esters (lactones) is 1. The van der Waals surface area contributed by atoms with Crippen LogP contribution in [-0.2, 0) is 14.3 Å². The SMILES string of the molecule is CC[C@H]1C(=O)O[C@@H](C)C1=O.CN. The van der Waals surface area contributed by atoms with Gasteiger partial charge >= 0.3 is 5.97 Å². The van der Waals surface area contributed by atoms with Gasteiger partial charge in [0.25, 0.3) is 0 Å². The molecule has 0 spiro atoms. The Kier molecular flexibility index (Phi) is 4.51. The molecule has 1 aliphatic rings. The zero-order chi connectivity index (χ0) is 9.72. The summed E-state index contributed by atoms with van der Waals surface area (Å²) in [7, 11) is 1.50. The van der Waals surface area contributed by atoms with Crippen molar-refractivity contribution in [3.8, 4) is 0 Å². The highest BCUT2D eigenvalue weighted by atomic mass is 16.6. The molecule has 0 saturated carbocycles. The van der Waals surface area contributed by atoms with Crippen LogP contribution in [0, 0.1) is 5.92 Å². The summed E-state index contributed by atoms with van der Waals surface area (Å²) in [5, 5.41) is 0. The summed E-state index contributed by atoms with van der Waals surface area (Å²) in [6.07, 6.45) is 0.0413. The van der Waals surface area contributed by atoms with Gasteiger partial charge in [0, 0.05) is 0 Å². The zero-order valence-electron chi connectivity index (χ0n) is 7.66. The van der Waals surface area contributed by atoms with Crippen molar-refractivity contribution in [1.82, 2.24) is 0 Å². The molecule has 1 heterocycles.